The minimum absolute atomic E-state index is 0.419. The van der Waals surface area contributed by atoms with Gasteiger partial charge in [0, 0.05) is 7.05 Å². The van der Waals surface area contributed by atoms with Crippen LogP contribution in [0.3, 0.4) is 0 Å². The molecule has 1 aromatic carbocycles. The van der Waals surface area contributed by atoms with Crippen molar-refractivity contribution in [3.8, 4) is 5.75 Å². The number of likely N-dealkylation sites (N-methyl/N-ethyl adjacent to an activating group) is 1. The molecule has 0 saturated heterocycles. The Morgan fingerprint density at radius 1 is 1.44 bits per heavy atom. The van der Waals surface area contributed by atoms with Crippen molar-refractivity contribution in [2.75, 3.05) is 19.1 Å². The van der Waals surface area contributed by atoms with Gasteiger partial charge in [0.05, 0.1) is 17.3 Å². The van der Waals surface area contributed by atoms with E-state index < -0.39 is 11.8 Å². The van der Waals surface area contributed by atoms with Gasteiger partial charge in [-0.25, -0.2) is 4.98 Å². The van der Waals surface area contributed by atoms with Gasteiger partial charge in [0.25, 0.3) is 0 Å². The fraction of sp³-hybridized carbons (Fsp3) is 0.182. The van der Waals surface area contributed by atoms with E-state index in [0.717, 1.165) is 15.1 Å². The lowest BCUT2D eigenvalue weighted by Gasteiger charge is -2.09. The quantitative estimate of drug-likeness (QED) is 0.812. The van der Waals surface area contributed by atoms with Gasteiger partial charge in [-0.3, -0.25) is 14.5 Å². The van der Waals surface area contributed by atoms with Crippen LogP contribution in [-0.4, -0.2) is 31.0 Å². The van der Waals surface area contributed by atoms with E-state index in [-0.39, 0.29) is 0 Å². The van der Waals surface area contributed by atoms with Crippen molar-refractivity contribution >= 4 is 38.5 Å². The number of rotatable bonds is 2. The van der Waals surface area contributed by atoms with E-state index in [9.17, 15) is 9.59 Å². The van der Waals surface area contributed by atoms with Crippen molar-refractivity contribution in [3.05, 3.63) is 18.2 Å². The Balaban J connectivity index is 2.41. The summed E-state index contributed by atoms with van der Waals surface area (Å²) < 4.78 is 5.97. The van der Waals surface area contributed by atoms with Crippen molar-refractivity contribution in [3.63, 3.8) is 0 Å². The molecule has 2 amide bonds. The minimum Gasteiger partial charge on any atom is -0.497 e. The van der Waals surface area contributed by atoms with Crippen molar-refractivity contribution in [2.24, 2.45) is 5.73 Å². The lowest BCUT2D eigenvalue weighted by atomic mass is 10.3. The molecule has 0 aliphatic carbocycles. The first-order chi connectivity index (χ1) is 8.52. The number of nitrogens with zero attached hydrogens (tertiary/aromatic N) is 2. The molecule has 0 unspecified atom stereocenters. The zero-order chi connectivity index (χ0) is 13.3. The molecule has 0 aliphatic rings. The Hall–Kier alpha value is -2.15. The largest absolute Gasteiger partial charge is 0.497 e. The topological polar surface area (TPSA) is 85.5 Å². The smallest absolute Gasteiger partial charge is 0.317 e. The summed E-state index contributed by atoms with van der Waals surface area (Å²) in [5.74, 6) is -1.09. The maximum atomic E-state index is 11.4. The standard InChI is InChI=1S/C11H11N3O3S/c1-14(10(16)9(12)15)11-13-7-4-3-6(17-2)5-8(7)18-11/h3-5H,1-2H3,(H2,12,15). The third-order valence-electron chi connectivity index (χ3n) is 2.39. The molecule has 0 atom stereocenters. The molecule has 1 heterocycles. The van der Waals surface area contributed by atoms with E-state index >= 15 is 0 Å². The van der Waals surface area contributed by atoms with Gasteiger partial charge in [-0.1, -0.05) is 11.3 Å². The summed E-state index contributed by atoms with van der Waals surface area (Å²) in [7, 11) is 3.04. The summed E-state index contributed by atoms with van der Waals surface area (Å²) in [5, 5.41) is 0.419. The molecule has 2 aromatic rings. The number of benzene rings is 1. The van der Waals surface area contributed by atoms with Gasteiger partial charge in [-0.05, 0) is 18.2 Å². The number of hydrogen-bond acceptors (Lipinski definition) is 5. The molecule has 2 N–H and O–H groups in total. The number of anilines is 1. The summed E-state index contributed by atoms with van der Waals surface area (Å²) in [5.41, 5.74) is 5.68. The highest BCUT2D eigenvalue weighted by molar-refractivity contribution is 7.22. The number of carbonyl (C=O) groups is 2. The van der Waals surface area contributed by atoms with Crippen LogP contribution in [0.15, 0.2) is 18.2 Å². The Morgan fingerprint density at radius 2 is 2.17 bits per heavy atom. The van der Waals surface area contributed by atoms with Crippen LogP contribution in [0, 0.1) is 0 Å². The molecule has 0 radical (unpaired) electrons. The molecule has 0 aliphatic heterocycles. The maximum absolute atomic E-state index is 11.4. The molecule has 18 heavy (non-hydrogen) atoms. The highest BCUT2D eigenvalue weighted by Crippen LogP contribution is 2.30. The van der Waals surface area contributed by atoms with Gasteiger partial charge in [-0.15, -0.1) is 0 Å². The lowest BCUT2D eigenvalue weighted by molar-refractivity contribution is -0.135. The minimum atomic E-state index is -1.01. The fourth-order valence-electron chi connectivity index (χ4n) is 1.42. The van der Waals surface area contributed by atoms with Gasteiger partial charge >= 0.3 is 11.8 Å². The van der Waals surface area contributed by atoms with Crippen LogP contribution >= 0.6 is 11.3 Å². The normalized spacial score (nSPS) is 10.3. The molecule has 6 nitrogen and oxygen atoms in total. The van der Waals surface area contributed by atoms with Crippen LogP contribution < -0.4 is 15.4 Å². The summed E-state index contributed by atoms with van der Waals surface area (Å²) in [6, 6.07) is 5.39. The Labute approximate surface area is 107 Å². The number of nitrogens with two attached hydrogens (primary N) is 1. The van der Waals surface area contributed by atoms with Crippen molar-refractivity contribution < 1.29 is 14.3 Å². The Morgan fingerprint density at radius 3 is 2.78 bits per heavy atom. The number of fused-ring (bicyclic) bond motifs is 1. The monoisotopic (exact) mass is 265 g/mol. The third-order valence-corrected chi connectivity index (χ3v) is 3.48. The Kier molecular flexibility index (Phi) is 3.15. The molecule has 7 heteroatoms. The van der Waals surface area contributed by atoms with E-state index in [1.165, 1.54) is 18.4 Å². The summed E-state index contributed by atoms with van der Waals surface area (Å²) in [6.45, 7) is 0. The highest BCUT2D eigenvalue weighted by Gasteiger charge is 2.19. The molecular weight excluding hydrogens is 254 g/mol. The number of carbonyl (C=O) groups excluding carboxylic acids is 2. The number of thiazole rings is 1. The van der Waals surface area contributed by atoms with E-state index in [0.29, 0.717) is 10.9 Å². The van der Waals surface area contributed by atoms with E-state index in [2.05, 4.69) is 4.98 Å². The zero-order valence-electron chi connectivity index (χ0n) is 9.84. The second-order valence-corrected chi connectivity index (χ2v) is 4.57. The number of amides is 2. The summed E-state index contributed by atoms with van der Waals surface area (Å²) >= 11 is 1.29. The van der Waals surface area contributed by atoms with E-state index in [1.54, 1.807) is 19.2 Å². The van der Waals surface area contributed by atoms with Gasteiger partial charge in [0.15, 0.2) is 5.13 Å². The first-order valence-electron chi connectivity index (χ1n) is 5.05. The van der Waals surface area contributed by atoms with Crippen LogP contribution in [0.25, 0.3) is 10.2 Å². The average molecular weight is 265 g/mol. The molecular formula is C11H11N3O3S. The van der Waals surface area contributed by atoms with Gasteiger partial charge in [0.1, 0.15) is 5.75 Å². The third kappa shape index (κ3) is 2.12. The van der Waals surface area contributed by atoms with Crippen LogP contribution in [0.5, 0.6) is 5.75 Å². The second-order valence-electron chi connectivity index (χ2n) is 3.56. The van der Waals surface area contributed by atoms with Crippen molar-refractivity contribution in [1.82, 2.24) is 4.98 Å². The fourth-order valence-corrected chi connectivity index (χ4v) is 2.37. The summed E-state index contributed by atoms with van der Waals surface area (Å²) in [6.07, 6.45) is 0. The van der Waals surface area contributed by atoms with E-state index in [1.807, 2.05) is 6.07 Å². The molecule has 0 saturated carbocycles. The number of primary amides is 1. The molecule has 94 valence electrons. The van der Waals surface area contributed by atoms with Crippen molar-refractivity contribution in [2.45, 2.75) is 0 Å². The average Bonchev–Trinajstić information content (AvgIpc) is 2.79. The van der Waals surface area contributed by atoms with Crippen LogP contribution in [-0.2, 0) is 9.59 Å². The van der Waals surface area contributed by atoms with Crippen LogP contribution in [0.2, 0.25) is 0 Å². The number of hydrogen-bond donors (Lipinski definition) is 1. The second kappa shape index (κ2) is 4.61. The lowest BCUT2D eigenvalue weighted by Crippen LogP contribution is -2.37. The predicted molar refractivity (Wildman–Crippen MR) is 68.8 cm³/mol. The highest BCUT2D eigenvalue weighted by atomic mass is 32.1. The molecule has 1 aromatic heterocycles. The Bertz CT molecular complexity index is 623. The maximum Gasteiger partial charge on any atom is 0.317 e. The zero-order valence-corrected chi connectivity index (χ0v) is 10.7. The number of methoxy groups -OCH3 is 1. The SMILES string of the molecule is COc1ccc2nc(N(C)C(=O)C(N)=O)sc2c1. The van der Waals surface area contributed by atoms with E-state index in [4.69, 9.17) is 10.5 Å². The predicted octanol–water partition coefficient (Wildman–Crippen LogP) is 0.753. The van der Waals surface area contributed by atoms with Crippen LogP contribution in [0.4, 0.5) is 5.13 Å². The van der Waals surface area contributed by atoms with Gasteiger partial charge < -0.3 is 10.5 Å². The summed E-state index contributed by atoms with van der Waals surface area (Å²) in [4.78, 5) is 27.6. The first-order valence-corrected chi connectivity index (χ1v) is 5.86. The van der Waals surface area contributed by atoms with Crippen molar-refractivity contribution in [1.29, 1.82) is 0 Å². The molecule has 0 bridgehead atoms. The van der Waals surface area contributed by atoms with Gasteiger partial charge in [-0.2, -0.15) is 0 Å². The molecule has 2 rings (SSSR count). The first kappa shape index (κ1) is 12.3. The molecule has 0 fully saturated rings. The number of aromatic nitrogens is 1. The molecule has 0 spiro atoms. The van der Waals surface area contributed by atoms with Crippen LogP contribution in [0.1, 0.15) is 0 Å². The van der Waals surface area contributed by atoms with Gasteiger partial charge in [0.2, 0.25) is 0 Å². The number of ether oxygens (including phenoxy) is 1.